The highest BCUT2D eigenvalue weighted by Crippen LogP contribution is 2.10. The van der Waals surface area contributed by atoms with Gasteiger partial charge in [-0.25, -0.2) is 0 Å². The minimum Gasteiger partial charge on any atom is -0.298 e. The molecule has 0 aliphatic carbocycles. The quantitative estimate of drug-likeness (QED) is 0.563. The fourth-order valence-electron chi connectivity index (χ4n) is 1.38. The third-order valence-electron chi connectivity index (χ3n) is 2.17. The van der Waals surface area contributed by atoms with Crippen LogP contribution in [0.15, 0.2) is 59.6 Å². The highest BCUT2D eigenvalue weighted by Gasteiger charge is 1.91. The van der Waals surface area contributed by atoms with Gasteiger partial charge >= 0.3 is 0 Å². The molecule has 78 valence electrons. The van der Waals surface area contributed by atoms with E-state index in [2.05, 4.69) is 4.99 Å². The van der Waals surface area contributed by atoms with Crippen molar-refractivity contribution in [3.8, 4) is 0 Å². The van der Waals surface area contributed by atoms with E-state index in [-0.39, 0.29) is 0 Å². The lowest BCUT2D eigenvalue weighted by molar-refractivity contribution is 0.112. The number of hydrogen-bond acceptors (Lipinski definition) is 2. The summed E-state index contributed by atoms with van der Waals surface area (Å²) in [6.45, 7) is 0. The second kappa shape index (κ2) is 5.03. The smallest absolute Gasteiger partial charge is 0.150 e. The normalized spacial score (nSPS) is 10.5. The lowest BCUT2D eigenvalue weighted by Crippen LogP contribution is -1.84. The number of carbonyl (C=O) groups excluding carboxylic acids is 1. The minimum absolute atomic E-state index is 0.664. The summed E-state index contributed by atoms with van der Waals surface area (Å²) in [5, 5.41) is 0. The Morgan fingerprint density at radius 2 is 1.62 bits per heavy atom. The van der Waals surface area contributed by atoms with Gasteiger partial charge in [0.25, 0.3) is 0 Å². The molecule has 16 heavy (non-hydrogen) atoms. The monoisotopic (exact) mass is 209 g/mol. The van der Waals surface area contributed by atoms with Crippen LogP contribution >= 0.6 is 0 Å². The summed E-state index contributed by atoms with van der Waals surface area (Å²) in [4.78, 5) is 14.9. The zero-order chi connectivity index (χ0) is 11.2. The molecule has 2 aromatic carbocycles. The fourth-order valence-corrected chi connectivity index (χ4v) is 1.38. The van der Waals surface area contributed by atoms with Crippen molar-refractivity contribution in [2.45, 2.75) is 0 Å². The standard InChI is InChI=1S/C14H11NO/c16-11-13-6-4-5-12(9-13)10-15-14-7-2-1-3-8-14/h1-11H. The maximum Gasteiger partial charge on any atom is 0.150 e. The number of benzene rings is 2. The van der Waals surface area contributed by atoms with Gasteiger partial charge in [0.15, 0.2) is 0 Å². The Balaban J connectivity index is 2.20. The Morgan fingerprint density at radius 3 is 2.38 bits per heavy atom. The molecular formula is C14H11NO. The Labute approximate surface area is 94.3 Å². The summed E-state index contributed by atoms with van der Waals surface area (Å²) in [7, 11) is 0. The van der Waals surface area contributed by atoms with Crippen molar-refractivity contribution in [3.63, 3.8) is 0 Å². The van der Waals surface area contributed by atoms with E-state index in [4.69, 9.17) is 0 Å². The number of carbonyl (C=O) groups is 1. The van der Waals surface area contributed by atoms with Gasteiger partial charge in [-0.1, -0.05) is 36.4 Å². The first-order valence-corrected chi connectivity index (χ1v) is 5.03. The van der Waals surface area contributed by atoms with Crippen LogP contribution in [-0.2, 0) is 0 Å². The summed E-state index contributed by atoms with van der Waals surface area (Å²) in [6, 6.07) is 17.0. The van der Waals surface area contributed by atoms with Crippen molar-refractivity contribution in [1.82, 2.24) is 0 Å². The fraction of sp³-hybridized carbons (Fsp3) is 0. The first-order chi connectivity index (χ1) is 7.88. The number of aliphatic imine (C=N–C) groups is 1. The first-order valence-electron chi connectivity index (χ1n) is 5.03. The highest BCUT2D eigenvalue weighted by molar-refractivity contribution is 5.85. The summed E-state index contributed by atoms with van der Waals surface area (Å²) in [6.07, 6.45) is 2.59. The Hall–Kier alpha value is -2.22. The van der Waals surface area contributed by atoms with E-state index in [9.17, 15) is 4.79 Å². The number of para-hydroxylation sites is 1. The third-order valence-corrected chi connectivity index (χ3v) is 2.17. The van der Waals surface area contributed by atoms with E-state index in [0.717, 1.165) is 17.5 Å². The van der Waals surface area contributed by atoms with Gasteiger partial charge in [0, 0.05) is 11.8 Å². The summed E-state index contributed by atoms with van der Waals surface area (Å²) >= 11 is 0. The molecule has 0 aliphatic heterocycles. The maximum absolute atomic E-state index is 10.6. The Bertz CT molecular complexity index is 503. The zero-order valence-corrected chi connectivity index (χ0v) is 8.71. The van der Waals surface area contributed by atoms with Crippen LogP contribution in [0.2, 0.25) is 0 Å². The highest BCUT2D eigenvalue weighted by atomic mass is 16.1. The molecule has 0 atom stereocenters. The molecule has 0 unspecified atom stereocenters. The zero-order valence-electron chi connectivity index (χ0n) is 8.71. The van der Waals surface area contributed by atoms with Crippen LogP contribution in [0.1, 0.15) is 15.9 Å². The second-order valence-electron chi connectivity index (χ2n) is 3.38. The predicted octanol–water partition coefficient (Wildman–Crippen LogP) is 3.25. The van der Waals surface area contributed by atoms with E-state index in [0.29, 0.717) is 5.56 Å². The molecule has 2 nitrogen and oxygen atoms in total. The maximum atomic E-state index is 10.6. The van der Waals surface area contributed by atoms with Gasteiger partial charge in [0.2, 0.25) is 0 Å². The largest absolute Gasteiger partial charge is 0.298 e. The summed E-state index contributed by atoms with van der Waals surface area (Å²) in [5.74, 6) is 0. The van der Waals surface area contributed by atoms with Crippen LogP contribution in [0.4, 0.5) is 5.69 Å². The predicted molar refractivity (Wildman–Crippen MR) is 65.5 cm³/mol. The molecule has 0 saturated heterocycles. The third kappa shape index (κ3) is 2.64. The van der Waals surface area contributed by atoms with Gasteiger partial charge < -0.3 is 0 Å². The average molecular weight is 209 g/mol. The first kappa shape index (κ1) is 10.3. The molecule has 0 bridgehead atoms. The number of aldehydes is 1. The topological polar surface area (TPSA) is 29.4 Å². The molecule has 2 heteroatoms. The van der Waals surface area contributed by atoms with Crippen LogP contribution in [0, 0.1) is 0 Å². The SMILES string of the molecule is O=Cc1cccc(C=Nc2ccccc2)c1. The molecule has 0 N–H and O–H groups in total. The molecule has 0 saturated carbocycles. The molecule has 0 amide bonds. The van der Waals surface area contributed by atoms with Crippen molar-refractivity contribution in [2.24, 2.45) is 4.99 Å². The molecule has 0 radical (unpaired) electrons. The Kier molecular flexibility index (Phi) is 3.24. The number of rotatable bonds is 3. The van der Waals surface area contributed by atoms with Crippen LogP contribution < -0.4 is 0 Å². The molecule has 0 aliphatic rings. The molecular weight excluding hydrogens is 198 g/mol. The van der Waals surface area contributed by atoms with Crippen LogP contribution in [0.25, 0.3) is 0 Å². The van der Waals surface area contributed by atoms with Crippen molar-refractivity contribution in [2.75, 3.05) is 0 Å². The van der Waals surface area contributed by atoms with Crippen molar-refractivity contribution in [3.05, 3.63) is 65.7 Å². The number of hydrogen-bond donors (Lipinski definition) is 0. The van der Waals surface area contributed by atoms with Crippen molar-refractivity contribution in [1.29, 1.82) is 0 Å². The van der Waals surface area contributed by atoms with Gasteiger partial charge in [-0.3, -0.25) is 9.79 Å². The molecule has 0 fully saturated rings. The summed E-state index contributed by atoms with van der Waals surface area (Å²) in [5.41, 5.74) is 2.49. The van der Waals surface area contributed by atoms with E-state index < -0.39 is 0 Å². The van der Waals surface area contributed by atoms with Crippen molar-refractivity contribution >= 4 is 18.2 Å². The minimum atomic E-state index is 0.664. The molecule has 0 aromatic heterocycles. The number of nitrogens with zero attached hydrogens (tertiary/aromatic N) is 1. The van der Waals surface area contributed by atoms with E-state index in [1.165, 1.54) is 0 Å². The van der Waals surface area contributed by atoms with Crippen LogP contribution in [-0.4, -0.2) is 12.5 Å². The molecule has 2 rings (SSSR count). The van der Waals surface area contributed by atoms with Gasteiger partial charge in [-0.15, -0.1) is 0 Å². The van der Waals surface area contributed by atoms with E-state index >= 15 is 0 Å². The van der Waals surface area contributed by atoms with Crippen LogP contribution in [0.3, 0.4) is 0 Å². The lowest BCUT2D eigenvalue weighted by atomic mass is 10.1. The second-order valence-corrected chi connectivity index (χ2v) is 3.38. The summed E-state index contributed by atoms with van der Waals surface area (Å²) < 4.78 is 0. The molecule has 2 aromatic rings. The molecule has 0 spiro atoms. The van der Waals surface area contributed by atoms with Gasteiger partial charge in [0.1, 0.15) is 6.29 Å². The van der Waals surface area contributed by atoms with Crippen molar-refractivity contribution < 1.29 is 4.79 Å². The molecule has 0 heterocycles. The Morgan fingerprint density at radius 1 is 0.875 bits per heavy atom. The lowest BCUT2D eigenvalue weighted by Gasteiger charge is -1.95. The van der Waals surface area contributed by atoms with Gasteiger partial charge in [0.05, 0.1) is 5.69 Å². The van der Waals surface area contributed by atoms with Gasteiger partial charge in [-0.2, -0.15) is 0 Å². The van der Waals surface area contributed by atoms with Gasteiger partial charge in [-0.05, 0) is 23.8 Å². The average Bonchev–Trinajstić information content (AvgIpc) is 2.38. The van der Waals surface area contributed by atoms with E-state index in [1.54, 1.807) is 18.3 Å². The van der Waals surface area contributed by atoms with E-state index in [1.807, 2.05) is 42.5 Å². The van der Waals surface area contributed by atoms with Crippen LogP contribution in [0.5, 0.6) is 0 Å².